The van der Waals surface area contributed by atoms with Crippen LogP contribution in [0.5, 0.6) is 0 Å². The van der Waals surface area contributed by atoms with Gasteiger partial charge in [0.2, 0.25) is 5.91 Å². The van der Waals surface area contributed by atoms with Gasteiger partial charge >= 0.3 is 5.97 Å². The Bertz CT molecular complexity index is 369. The summed E-state index contributed by atoms with van der Waals surface area (Å²) in [7, 11) is 0. The van der Waals surface area contributed by atoms with E-state index in [1.165, 1.54) is 0 Å². The second-order valence-electron chi connectivity index (χ2n) is 5.92. The molecule has 0 spiro atoms. The van der Waals surface area contributed by atoms with E-state index < -0.39 is 12.0 Å². The van der Waals surface area contributed by atoms with Gasteiger partial charge in [0, 0.05) is 11.7 Å². The van der Waals surface area contributed by atoms with Crippen LogP contribution in [0.1, 0.15) is 40.0 Å². The van der Waals surface area contributed by atoms with Gasteiger partial charge in [-0.1, -0.05) is 27.2 Å². The van der Waals surface area contributed by atoms with Crippen LogP contribution in [-0.4, -0.2) is 39.1 Å². The van der Waals surface area contributed by atoms with E-state index in [9.17, 15) is 14.7 Å². The summed E-state index contributed by atoms with van der Waals surface area (Å²) in [6.07, 6.45) is 2.74. The lowest BCUT2D eigenvalue weighted by molar-refractivity contribution is -0.150. The zero-order valence-electron chi connectivity index (χ0n) is 11.2. The van der Waals surface area contributed by atoms with Crippen LogP contribution in [0.4, 0.5) is 0 Å². The smallest absolute Gasteiger partial charge is 0.327 e. The standard InChI is InChI=1S/C13H21NO3S/c1-4-5-10-14(9(7-18-10)12(16)17)11(15)8-6-13(8,2)3/h8-10H,4-7H2,1-3H3,(H,16,17). The summed E-state index contributed by atoms with van der Waals surface area (Å²) in [4.78, 5) is 25.4. The van der Waals surface area contributed by atoms with E-state index in [0.717, 1.165) is 19.3 Å². The molecule has 1 aliphatic heterocycles. The third kappa shape index (κ3) is 2.37. The van der Waals surface area contributed by atoms with Crippen molar-refractivity contribution in [3.8, 4) is 0 Å². The van der Waals surface area contributed by atoms with Crippen LogP contribution in [0.25, 0.3) is 0 Å². The summed E-state index contributed by atoms with van der Waals surface area (Å²) in [5, 5.41) is 9.30. The minimum Gasteiger partial charge on any atom is -0.480 e. The first-order valence-corrected chi connectivity index (χ1v) is 7.60. The van der Waals surface area contributed by atoms with Gasteiger partial charge in [0.1, 0.15) is 6.04 Å². The average Bonchev–Trinajstić information content (AvgIpc) is 2.74. The molecule has 1 saturated carbocycles. The molecule has 2 aliphatic rings. The predicted molar refractivity (Wildman–Crippen MR) is 71.3 cm³/mol. The molecule has 0 radical (unpaired) electrons. The van der Waals surface area contributed by atoms with Crippen molar-refractivity contribution < 1.29 is 14.7 Å². The Morgan fingerprint density at radius 2 is 2.06 bits per heavy atom. The van der Waals surface area contributed by atoms with Crippen molar-refractivity contribution in [1.82, 2.24) is 4.90 Å². The first kappa shape index (κ1) is 13.7. The lowest BCUT2D eigenvalue weighted by Gasteiger charge is -2.28. The molecule has 1 saturated heterocycles. The summed E-state index contributed by atoms with van der Waals surface area (Å²) < 4.78 is 0. The molecule has 102 valence electrons. The topological polar surface area (TPSA) is 57.6 Å². The molecule has 0 aromatic carbocycles. The number of amides is 1. The van der Waals surface area contributed by atoms with Crippen LogP contribution >= 0.6 is 11.8 Å². The number of aliphatic carboxylic acids is 1. The second-order valence-corrected chi connectivity index (χ2v) is 7.13. The van der Waals surface area contributed by atoms with Gasteiger partial charge in [0.05, 0.1) is 5.37 Å². The monoisotopic (exact) mass is 271 g/mol. The predicted octanol–water partition coefficient (Wildman–Crippen LogP) is 2.19. The van der Waals surface area contributed by atoms with Crippen molar-refractivity contribution >= 4 is 23.6 Å². The normalized spacial score (nSPS) is 33.5. The number of hydrogen-bond acceptors (Lipinski definition) is 3. The second kappa shape index (κ2) is 4.76. The Labute approximate surface area is 112 Å². The van der Waals surface area contributed by atoms with Crippen molar-refractivity contribution in [2.24, 2.45) is 11.3 Å². The average molecular weight is 271 g/mol. The zero-order valence-corrected chi connectivity index (χ0v) is 12.0. The third-order valence-corrected chi connectivity index (χ3v) is 5.33. The molecule has 0 aromatic heterocycles. The highest BCUT2D eigenvalue weighted by atomic mass is 32.2. The van der Waals surface area contributed by atoms with Crippen LogP contribution in [0.15, 0.2) is 0 Å². The van der Waals surface area contributed by atoms with Gasteiger partial charge in [-0.25, -0.2) is 4.79 Å². The van der Waals surface area contributed by atoms with Crippen LogP contribution in [0.3, 0.4) is 0 Å². The van der Waals surface area contributed by atoms with Gasteiger partial charge in [-0.2, -0.15) is 0 Å². The van der Waals surface area contributed by atoms with Gasteiger partial charge in [-0.3, -0.25) is 4.79 Å². The molecule has 3 unspecified atom stereocenters. The fourth-order valence-electron chi connectivity index (χ4n) is 2.59. The summed E-state index contributed by atoms with van der Waals surface area (Å²) in [6, 6.07) is -0.629. The Hall–Kier alpha value is -0.710. The number of carbonyl (C=O) groups is 2. The highest BCUT2D eigenvalue weighted by molar-refractivity contribution is 8.00. The van der Waals surface area contributed by atoms with Crippen molar-refractivity contribution in [1.29, 1.82) is 0 Å². The molecule has 1 amide bonds. The van der Waals surface area contributed by atoms with Crippen LogP contribution in [0.2, 0.25) is 0 Å². The van der Waals surface area contributed by atoms with Crippen molar-refractivity contribution in [3.63, 3.8) is 0 Å². The number of hydrogen-bond donors (Lipinski definition) is 1. The summed E-state index contributed by atoms with van der Waals surface area (Å²) >= 11 is 1.61. The highest BCUT2D eigenvalue weighted by Gasteiger charge is 2.55. The molecular formula is C13H21NO3S. The van der Waals surface area contributed by atoms with E-state index in [1.54, 1.807) is 16.7 Å². The minimum atomic E-state index is -0.868. The van der Waals surface area contributed by atoms with E-state index in [4.69, 9.17) is 0 Å². The number of carboxylic acids is 1. The molecular weight excluding hydrogens is 250 g/mol. The molecule has 0 bridgehead atoms. The lowest BCUT2D eigenvalue weighted by Crippen LogP contribution is -2.46. The minimum absolute atomic E-state index is 0.0254. The van der Waals surface area contributed by atoms with Gasteiger partial charge in [-0.05, 0) is 18.3 Å². The van der Waals surface area contributed by atoms with Crippen molar-refractivity contribution in [3.05, 3.63) is 0 Å². The molecule has 1 N–H and O–H groups in total. The van der Waals surface area contributed by atoms with Gasteiger partial charge in [0.25, 0.3) is 0 Å². The summed E-state index contributed by atoms with van der Waals surface area (Å²) in [6.45, 7) is 6.21. The van der Waals surface area contributed by atoms with Crippen molar-refractivity contribution in [2.45, 2.75) is 51.4 Å². The van der Waals surface area contributed by atoms with E-state index in [-0.39, 0.29) is 22.6 Å². The molecule has 2 fully saturated rings. The number of carboxylic acid groups (broad SMARTS) is 1. The fraction of sp³-hybridized carbons (Fsp3) is 0.846. The summed E-state index contributed by atoms with van der Waals surface area (Å²) in [5.74, 6) is -0.264. The SMILES string of the molecule is CCCC1SCC(C(=O)O)N1C(=O)C1CC1(C)C. The fourth-order valence-corrected chi connectivity index (χ4v) is 4.11. The maximum atomic E-state index is 12.5. The van der Waals surface area contributed by atoms with Crippen LogP contribution in [-0.2, 0) is 9.59 Å². The third-order valence-electron chi connectivity index (χ3n) is 3.98. The lowest BCUT2D eigenvalue weighted by atomic mass is 10.1. The van der Waals surface area contributed by atoms with Gasteiger partial charge in [-0.15, -0.1) is 11.8 Å². The van der Waals surface area contributed by atoms with Crippen molar-refractivity contribution in [2.75, 3.05) is 5.75 Å². The van der Waals surface area contributed by atoms with Gasteiger partial charge < -0.3 is 10.0 Å². The summed E-state index contributed by atoms with van der Waals surface area (Å²) in [5.41, 5.74) is 0.0597. The maximum absolute atomic E-state index is 12.5. The maximum Gasteiger partial charge on any atom is 0.327 e. The van der Waals surface area contributed by atoms with E-state index in [0.29, 0.717) is 5.75 Å². The highest BCUT2D eigenvalue weighted by Crippen LogP contribution is 2.53. The molecule has 5 heteroatoms. The molecule has 0 aromatic rings. The molecule has 2 rings (SSSR count). The van der Waals surface area contributed by atoms with Gasteiger partial charge in [0.15, 0.2) is 0 Å². The first-order chi connectivity index (χ1) is 8.38. The molecule has 3 atom stereocenters. The largest absolute Gasteiger partial charge is 0.480 e. The Balaban J connectivity index is 2.13. The quantitative estimate of drug-likeness (QED) is 0.851. The Morgan fingerprint density at radius 3 is 2.50 bits per heavy atom. The molecule has 18 heavy (non-hydrogen) atoms. The number of nitrogens with zero attached hydrogens (tertiary/aromatic N) is 1. The van der Waals surface area contributed by atoms with E-state index >= 15 is 0 Å². The Morgan fingerprint density at radius 1 is 1.44 bits per heavy atom. The molecule has 4 nitrogen and oxygen atoms in total. The van der Waals surface area contributed by atoms with Crippen LogP contribution in [0, 0.1) is 11.3 Å². The molecule has 1 heterocycles. The number of carbonyl (C=O) groups excluding carboxylic acids is 1. The number of thioether (sulfide) groups is 1. The zero-order chi connectivity index (χ0) is 13.5. The first-order valence-electron chi connectivity index (χ1n) is 6.55. The van der Waals surface area contributed by atoms with E-state index in [1.807, 2.05) is 0 Å². The van der Waals surface area contributed by atoms with Crippen LogP contribution < -0.4 is 0 Å². The Kier molecular flexibility index (Phi) is 3.63. The van der Waals surface area contributed by atoms with E-state index in [2.05, 4.69) is 20.8 Å². The number of rotatable bonds is 4. The molecule has 1 aliphatic carbocycles.